The van der Waals surface area contributed by atoms with E-state index in [9.17, 15) is 0 Å². The lowest BCUT2D eigenvalue weighted by molar-refractivity contribution is 0.653. The number of nitrogens with one attached hydrogen (secondary N) is 1. The van der Waals surface area contributed by atoms with Gasteiger partial charge in [-0.05, 0) is 62.5 Å². The highest BCUT2D eigenvalue weighted by Gasteiger charge is 2.00. The van der Waals surface area contributed by atoms with Gasteiger partial charge in [0.05, 0.1) is 0 Å². The molecule has 0 heterocycles. The first-order valence-corrected chi connectivity index (χ1v) is 5.62. The van der Waals surface area contributed by atoms with E-state index in [0.717, 1.165) is 26.1 Å². The first-order chi connectivity index (χ1) is 7.15. The van der Waals surface area contributed by atoms with Crippen LogP contribution in [0, 0.1) is 20.8 Å². The second-order valence-electron chi connectivity index (χ2n) is 4.18. The Bertz CT molecular complexity index is 319. The molecular weight excluding hydrogens is 184 g/mol. The Morgan fingerprint density at radius 3 is 2.40 bits per heavy atom. The second-order valence-corrected chi connectivity index (χ2v) is 4.18. The van der Waals surface area contributed by atoms with Crippen molar-refractivity contribution in [2.75, 3.05) is 13.1 Å². The second kappa shape index (κ2) is 5.89. The van der Waals surface area contributed by atoms with Crippen molar-refractivity contribution >= 4 is 0 Å². The molecule has 0 aromatic heterocycles. The quantitative estimate of drug-likeness (QED) is 0.724. The largest absolute Gasteiger partial charge is 0.330 e. The molecule has 0 atom stereocenters. The molecule has 0 saturated heterocycles. The third-order valence-corrected chi connectivity index (χ3v) is 2.83. The first kappa shape index (κ1) is 12.2. The van der Waals surface area contributed by atoms with Gasteiger partial charge in [-0.3, -0.25) is 0 Å². The summed E-state index contributed by atoms with van der Waals surface area (Å²) in [5, 5.41) is 3.41. The van der Waals surface area contributed by atoms with Crippen LogP contribution in [0.2, 0.25) is 0 Å². The summed E-state index contributed by atoms with van der Waals surface area (Å²) in [5.41, 5.74) is 11.0. The minimum Gasteiger partial charge on any atom is -0.330 e. The molecular formula is C13H22N2. The van der Waals surface area contributed by atoms with Gasteiger partial charge in [0.15, 0.2) is 0 Å². The Hall–Kier alpha value is -0.860. The van der Waals surface area contributed by atoms with Crippen LogP contribution in [0.25, 0.3) is 0 Å². The highest BCUT2D eigenvalue weighted by Crippen LogP contribution is 2.14. The van der Waals surface area contributed by atoms with E-state index in [0.29, 0.717) is 0 Å². The monoisotopic (exact) mass is 206 g/mol. The Morgan fingerprint density at radius 1 is 1.07 bits per heavy atom. The van der Waals surface area contributed by atoms with Gasteiger partial charge < -0.3 is 11.1 Å². The van der Waals surface area contributed by atoms with E-state index in [1.165, 1.54) is 22.3 Å². The van der Waals surface area contributed by atoms with Crippen LogP contribution < -0.4 is 11.1 Å². The number of rotatable bonds is 5. The molecule has 1 aromatic rings. The lowest BCUT2D eigenvalue weighted by atomic mass is 10.0. The van der Waals surface area contributed by atoms with E-state index in [1.807, 2.05) is 0 Å². The Kier molecular flexibility index (Phi) is 4.79. The molecule has 15 heavy (non-hydrogen) atoms. The van der Waals surface area contributed by atoms with Gasteiger partial charge in [0.1, 0.15) is 0 Å². The molecule has 0 saturated carbocycles. The fraction of sp³-hybridized carbons (Fsp3) is 0.538. The summed E-state index contributed by atoms with van der Waals surface area (Å²) in [6.07, 6.45) is 1.05. The summed E-state index contributed by atoms with van der Waals surface area (Å²) in [5.74, 6) is 0. The molecule has 3 N–H and O–H groups in total. The molecule has 0 unspecified atom stereocenters. The van der Waals surface area contributed by atoms with E-state index >= 15 is 0 Å². The predicted molar refractivity (Wildman–Crippen MR) is 66.0 cm³/mol. The van der Waals surface area contributed by atoms with Crippen molar-refractivity contribution in [1.82, 2.24) is 5.32 Å². The van der Waals surface area contributed by atoms with Crippen molar-refractivity contribution in [3.8, 4) is 0 Å². The van der Waals surface area contributed by atoms with Crippen LogP contribution >= 0.6 is 0 Å². The molecule has 0 fully saturated rings. The minimum absolute atomic E-state index is 0.763. The van der Waals surface area contributed by atoms with Crippen LogP contribution in [-0.2, 0) is 6.54 Å². The number of aryl methyl sites for hydroxylation is 3. The third-order valence-electron chi connectivity index (χ3n) is 2.83. The van der Waals surface area contributed by atoms with Gasteiger partial charge in [0.2, 0.25) is 0 Å². The Balaban J connectivity index is 2.57. The van der Waals surface area contributed by atoms with E-state index in [2.05, 4.69) is 38.2 Å². The van der Waals surface area contributed by atoms with Crippen molar-refractivity contribution in [1.29, 1.82) is 0 Å². The number of hydrogen-bond acceptors (Lipinski definition) is 2. The fourth-order valence-corrected chi connectivity index (χ4v) is 1.66. The Labute approximate surface area is 92.9 Å². The van der Waals surface area contributed by atoms with Crippen LogP contribution in [0.4, 0.5) is 0 Å². The lowest BCUT2D eigenvalue weighted by Gasteiger charge is -2.10. The van der Waals surface area contributed by atoms with Crippen LogP contribution in [-0.4, -0.2) is 13.1 Å². The molecule has 0 aliphatic heterocycles. The molecule has 1 rings (SSSR count). The predicted octanol–water partition coefficient (Wildman–Crippen LogP) is 2.05. The van der Waals surface area contributed by atoms with Gasteiger partial charge in [-0.25, -0.2) is 0 Å². The first-order valence-electron chi connectivity index (χ1n) is 5.62. The average molecular weight is 206 g/mol. The molecule has 0 aliphatic rings. The molecule has 0 bridgehead atoms. The maximum atomic E-state index is 5.44. The van der Waals surface area contributed by atoms with Crippen LogP contribution in [0.1, 0.15) is 28.7 Å². The lowest BCUT2D eigenvalue weighted by Crippen LogP contribution is -2.18. The fourth-order valence-electron chi connectivity index (χ4n) is 1.66. The summed E-state index contributed by atoms with van der Waals surface area (Å²) in [4.78, 5) is 0. The van der Waals surface area contributed by atoms with Crippen molar-refractivity contribution in [3.63, 3.8) is 0 Å². The van der Waals surface area contributed by atoms with Crippen molar-refractivity contribution in [2.45, 2.75) is 33.7 Å². The zero-order chi connectivity index (χ0) is 11.3. The van der Waals surface area contributed by atoms with Crippen molar-refractivity contribution in [3.05, 3.63) is 34.4 Å². The standard InChI is InChI=1S/C13H22N2/c1-10-7-12(3)13(8-11(10)2)9-15-6-4-5-14/h7-8,15H,4-6,9,14H2,1-3H3. The molecule has 0 radical (unpaired) electrons. The molecule has 0 spiro atoms. The molecule has 2 heteroatoms. The highest BCUT2D eigenvalue weighted by molar-refractivity contribution is 5.36. The van der Waals surface area contributed by atoms with Crippen LogP contribution in [0.5, 0.6) is 0 Å². The summed E-state index contributed by atoms with van der Waals surface area (Å²) in [6.45, 7) is 9.22. The average Bonchev–Trinajstić information content (AvgIpc) is 2.20. The van der Waals surface area contributed by atoms with Crippen LogP contribution in [0.3, 0.4) is 0 Å². The normalized spacial score (nSPS) is 10.7. The van der Waals surface area contributed by atoms with E-state index in [1.54, 1.807) is 0 Å². The van der Waals surface area contributed by atoms with Crippen molar-refractivity contribution in [2.24, 2.45) is 5.73 Å². The maximum Gasteiger partial charge on any atom is 0.0208 e. The van der Waals surface area contributed by atoms with Crippen LogP contribution in [0.15, 0.2) is 12.1 Å². The van der Waals surface area contributed by atoms with Gasteiger partial charge in [-0.2, -0.15) is 0 Å². The SMILES string of the molecule is Cc1cc(C)c(CNCCCN)cc1C. The summed E-state index contributed by atoms with van der Waals surface area (Å²) in [7, 11) is 0. The van der Waals surface area contributed by atoms with Gasteiger partial charge in [-0.15, -0.1) is 0 Å². The van der Waals surface area contributed by atoms with E-state index in [4.69, 9.17) is 5.73 Å². The third kappa shape index (κ3) is 3.65. The number of nitrogens with two attached hydrogens (primary N) is 1. The summed E-state index contributed by atoms with van der Waals surface area (Å²) < 4.78 is 0. The molecule has 1 aromatic carbocycles. The highest BCUT2D eigenvalue weighted by atomic mass is 14.8. The Morgan fingerprint density at radius 2 is 1.73 bits per heavy atom. The zero-order valence-corrected chi connectivity index (χ0v) is 10.1. The van der Waals surface area contributed by atoms with Gasteiger partial charge in [-0.1, -0.05) is 12.1 Å². The molecule has 0 aliphatic carbocycles. The van der Waals surface area contributed by atoms with Gasteiger partial charge in [0, 0.05) is 6.54 Å². The van der Waals surface area contributed by atoms with Gasteiger partial charge in [0.25, 0.3) is 0 Å². The van der Waals surface area contributed by atoms with E-state index < -0.39 is 0 Å². The summed E-state index contributed by atoms with van der Waals surface area (Å²) in [6, 6.07) is 4.54. The summed E-state index contributed by atoms with van der Waals surface area (Å²) >= 11 is 0. The molecule has 84 valence electrons. The maximum absolute atomic E-state index is 5.44. The zero-order valence-electron chi connectivity index (χ0n) is 10.1. The topological polar surface area (TPSA) is 38.0 Å². The van der Waals surface area contributed by atoms with Gasteiger partial charge >= 0.3 is 0 Å². The number of hydrogen-bond donors (Lipinski definition) is 2. The molecule has 2 nitrogen and oxygen atoms in total. The smallest absolute Gasteiger partial charge is 0.0208 e. The number of benzene rings is 1. The van der Waals surface area contributed by atoms with E-state index in [-0.39, 0.29) is 0 Å². The van der Waals surface area contributed by atoms with Crippen molar-refractivity contribution < 1.29 is 0 Å². The molecule has 0 amide bonds. The minimum atomic E-state index is 0.763.